The van der Waals surface area contributed by atoms with E-state index in [4.69, 9.17) is 17.2 Å². The minimum absolute atomic E-state index is 0.434. The van der Waals surface area contributed by atoms with E-state index in [1.54, 1.807) is 4.57 Å². The topological polar surface area (TPSA) is 41.6 Å². The zero-order chi connectivity index (χ0) is 15.5. The summed E-state index contributed by atoms with van der Waals surface area (Å²) in [5.74, 6) is 0.753. The van der Waals surface area contributed by atoms with Crippen LogP contribution in [0, 0.1) is 16.0 Å². The lowest BCUT2D eigenvalue weighted by atomic mass is 10.1. The van der Waals surface area contributed by atoms with Gasteiger partial charge in [-0.25, -0.2) is 4.98 Å². The van der Waals surface area contributed by atoms with Crippen molar-refractivity contribution in [3.05, 3.63) is 70.9 Å². The van der Waals surface area contributed by atoms with E-state index in [2.05, 4.69) is 6.07 Å². The van der Waals surface area contributed by atoms with Gasteiger partial charge >= 0.3 is 0 Å². The molecule has 0 radical (unpaired) electrons. The van der Waals surface area contributed by atoms with Crippen LogP contribution < -0.4 is 0 Å². The summed E-state index contributed by atoms with van der Waals surface area (Å²) in [7, 11) is 1.84. The first-order chi connectivity index (χ1) is 10.7. The first kappa shape index (κ1) is 14.2. The molecule has 0 fully saturated rings. The molecule has 0 aliphatic heterocycles. The summed E-state index contributed by atoms with van der Waals surface area (Å²) in [5.41, 5.74) is 2.93. The Kier molecular flexibility index (Phi) is 3.82. The Hall–Kier alpha value is -2.77. The number of aromatic nitrogens is 2. The second-order valence-electron chi connectivity index (χ2n) is 4.87. The minimum atomic E-state index is 0.434. The van der Waals surface area contributed by atoms with Crippen molar-refractivity contribution in [3.8, 4) is 28.7 Å². The Morgan fingerprint density at radius 3 is 2.05 bits per heavy atom. The molecule has 3 rings (SSSR count). The average Bonchev–Trinajstić information content (AvgIpc) is 2.58. The molecule has 3 aromatic rings. The molecule has 1 aromatic heterocycles. The summed E-state index contributed by atoms with van der Waals surface area (Å²) in [6, 6.07) is 21.7. The van der Waals surface area contributed by atoms with E-state index in [-0.39, 0.29) is 0 Å². The van der Waals surface area contributed by atoms with Crippen LogP contribution in [0.4, 0.5) is 0 Å². The Bertz CT molecular complexity index is 907. The maximum absolute atomic E-state index is 9.48. The molecule has 2 aromatic carbocycles. The molecule has 1 heterocycles. The van der Waals surface area contributed by atoms with Crippen LogP contribution in [-0.2, 0) is 7.05 Å². The van der Waals surface area contributed by atoms with Crippen molar-refractivity contribution in [2.45, 2.75) is 0 Å². The van der Waals surface area contributed by atoms with Crippen LogP contribution >= 0.6 is 12.2 Å². The average molecular weight is 303 g/mol. The van der Waals surface area contributed by atoms with Gasteiger partial charge < -0.3 is 4.57 Å². The predicted molar refractivity (Wildman–Crippen MR) is 89.6 cm³/mol. The normalized spacial score (nSPS) is 10.2. The van der Waals surface area contributed by atoms with E-state index in [0.29, 0.717) is 15.9 Å². The monoisotopic (exact) mass is 303 g/mol. The van der Waals surface area contributed by atoms with E-state index in [0.717, 1.165) is 17.0 Å². The molecular formula is C18H13N3S. The molecular weight excluding hydrogens is 290 g/mol. The van der Waals surface area contributed by atoms with Crippen LogP contribution in [0.15, 0.2) is 60.7 Å². The maximum Gasteiger partial charge on any atom is 0.141 e. The number of benzene rings is 2. The molecule has 4 heteroatoms. The number of rotatable bonds is 2. The fourth-order valence-electron chi connectivity index (χ4n) is 2.35. The highest BCUT2D eigenvalue weighted by molar-refractivity contribution is 7.71. The first-order valence-corrected chi connectivity index (χ1v) is 7.25. The molecule has 0 N–H and O–H groups in total. The molecule has 0 atom stereocenters. The standard InChI is InChI=1S/C18H13N3S/c1-21-17(14-10-6-3-7-11-14)20-16(15(12-19)18(21)22)13-8-4-2-5-9-13/h2-11H,1H3. The molecule has 0 unspecified atom stereocenters. The maximum atomic E-state index is 9.48. The van der Waals surface area contributed by atoms with Gasteiger partial charge in [-0.05, 0) is 0 Å². The Balaban J connectivity index is 2.34. The summed E-state index contributed by atoms with van der Waals surface area (Å²) in [6.45, 7) is 0. The third-order valence-electron chi connectivity index (χ3n) is 3.48. The van der Waals surface area contributed by atoms with Gasteiger partial charge in [0, 0.05) is 18.2 Å². The number of hydrogen-bond donors (Lipinski definition) is 0. The Morgan fingerprint density at radius 1 is 0.955 bits per heavy atom. The second-order valence-corrected chi connectivity index (χ2v) is 5.25. The zero-order valence-electron chi connectivity index (χ0n) is 12.0. The molecule has 3 nitrogen and oxygen atoms in total. The van der Waals surface area contributed by atoms with E-state index in [9.17, 15) is 5.26 Å². The number of hydrogen-bond acceptors (Lipinski definition) is 3. The third-order valence-corrected chi connectivity index (χ3v) is 3.96. The number of nitrogens with zero attached hydrogens (tertiary/aromatic N) is 3. The van der Waals surface area contributed by atoms with Crippen molar-refractivity contribution in [2.75, 3.05) is 0 Å². The van der Waals surface area contributed by atoms with Crippen molar-refractivity contribution in [3.63, 3.8) is 0 Å². The largest absolute Gasteiger partial charge is 0.319 e. The van der Waals surface area contributed by atoms with Crippen LogP contribution in [-0.4, -0.2) is 9.55 Å². The van der Waals surface area contributed by atoms with E-state index < -0.39 is 0 Å². The highest BCUT2D eigenvalue weighted by Crippen LogP contribution is 2.26. The summed E-state index contributed by atoms with van der Waals surface area (Å²) in [5, 5.41) is 9.48. The van der Waals surface area contributed by atoms with Crippen molar-refractivity contribution < 1.29 is 0 Å². The van der Waals surface area contributed by atoms with Crippen molar-refractivity contribution >= 4 is 12.2 Å². The quantitative estimate of drug-likeness (QED) is 0.661. The second kappa shape index (κ2) is 5.92. The summed E-state index contributed by atoms with van der Waals surface area (Å²) >= 11 is 5.47. The zero-order valence-corrected chi connectivity index (χ0v) is 12.8. The fourth-order valence-corrected chi connectivity index (χ4v) is 2.58. The molecule has 0 saturated carbocycles. The molecule has 0 spiro atoms. The molecule has 0 aliphatic carbocycles. The van der Waals surface area contributed by atoms with Gasteiger partial charge in [0.05, 0.1) is 5.69 Å². The van der Waals surface area contributed by atoms with Crippen LogP contribution in [0.1, 0.15) is 5.56 Å². The highest BCUT2D eigenvalue weighted by atomic mass is 32.1. The fraction of sp³-hybridized carbons (Fsp3) is 0.0556. The van der Waals surface area contributed by atoms with Crippen LogP contribution in [0.5, 0.6) is 0 Å². The van der Waals surface area contributed by atoms with Crippen LogP contribution in [0.2, 0.25) is 0 Å². The molecule has 22 heavy (non-hydrogen) atoms. The number of nitriles is 1. The molecule has 0 amide bonds. The summed E-state index contributed by atoms with van der Waals surface area (Å²) in [6.07, 6.45) is 0. The van der Waals surface area contributed by atoms with Crippen molar-refractivity contribution in [1.29, 1.82) is 5.26 Å². The molecule has 0 aliphatic rings. The van der Waals surface area contributed by atoms with Crippen molar-refractivity contribution in [1.82, 2.24) is 9.55 Å². The predicted octanol–water partition coefficient (Wildman–Crippen LogP) is 4.36. The summed E-state index contributed by atoms with van der Waals surface area (Å²) in [4.78, 5) is 4.72. The van der Waals surface area contributed by atoms with Gasteiger partial charge in [-0.1, -0.05) is 72.9 Å². The van der Waals surface area contributed by atoms with Crippen molar-refractivity contribution in [2.24, 2.45) is 7.05 Å². The van der Waals surface area contributed by atoms with Crippen LogP contribution in [0.25, 0.3) is 22.6 Å². The van der Waals surface area contributed by atoms with Gasteiger partial charge in [0.2, 0.25) is 0 Å². The van der Waals surface area contributed by atoms with Crippen LogP contribution in [0.3, 0.4) is 0 Å². The Morgan fingerprint density at radius 2 is 1.50 bits per heavy atom. The van der Waals surface area contributed by atoms with Gasteiger partial charge in [-0.3, -0.25) is 0 Å². The molecule has 106 valence electrons. The summed E-state index contributed by atoms with van der Waals surface area (Å²) < 4.78 is 2.28. The SMILES string of the molecule is Cn1c(-c2ccccc2)nc(-c2ccccc2)c(C#N)c1=S. The molecule has 0 bridgehead atoms. The lowest BCUT2D eigenvalue weighted by molar-refractivity contribution is 0.860. The Labute approximate surface area is 134 Å². The highest BCUT2D eigenvalue weighted by Gasteiger charge is 2.14. The van der Waals surface area contributed by atoms with E-state index in [1.165, 1.54) is 0 Å². The lowest BCUT2D eigenvalue weighted by Crippen LogP contribution is -2.06. The smallest absolute Gasteiger partial charge is 0.141 e. The molecule has 0 saturated heterocycles. The third kappa shape index (κ3) is 2.43. The van der Waals surface area contributed by atoms with Gasteiger partial charge in [0.25, 0.3) is 0 Å². The van der Waals surface area contributed by atoms with E-state index >= 15 is 0 Å². The van der Waals surface area contributed by atoms with Gasteiger partial charge in [0.15, 0.2) is 0 Å². The van der Waals surface area contributed by atoms with Gasteiger partial charge in [-0.2, -0.15) is 5.26 Å². The lowest BCUT2D eigenvalue weighted by Gasteiger charge is -2.13. The van der Waals surface area contributed by atoms with Gasteiger partial charge in [0.1, 0.15) is 22.1 Å². The van der Waals surface area contributed by atoms with Gasteiger partial charge in [-0.15, -0.1) is 0 Å². The first-order valence-electron chi connectivity index (χ1n) is 6.84. The van der Waals surface area contributed by atoms with E-state index in [1.807, 2.05) is 67.7 Å². The minimum Gasteiger partial charge on any atom is -0.319 e.